The summed E-state index contributed by atoms with van der Waals surface area (Å²) in [5.74, 6) is -0.845. The number of aromatic nitrogens is 5. The van der Waals surface area contributed by atoms with Gasteiger partial charge in [0.1, 0.15) is 11.4 Å². The molecule has 0 saturated heterocycles. The SMILES string of the molecule is NC(=O)c1c(-c2cccnn2)nc2ccc(-c3ccccc3C(F)(F)F)nn12. The van der Waals surface area contributed by atoms with E-state index in [9.17, 15) is 18.0 Å². The molecule has 0 aliphatic heterocycles. The van der Waals surface area contributed by atoms with Crippen LogP contribution in [0.5, 0.6) is 0 Å². The number of benzene rings is 1. The number of fused-ring (bicyclic) bond motifs is 1. The molecule has 140 valence electrons. The Kier molecular flexibility index (Phi) is 4.03. The molecule has 4 rings (SSSR count). The molecular weight excluding hydrogens is 373 g/mol. The zero-order valence-corrected chi connectivity index (χ0v) is 14.1. The van der Waals surface area contributed by atoms with Crippen LogP contribution < -0.4 is 5.73 Å². The second kappa shape index (κ2) is 6.41. The largest absolute Gasteiger partial charge is 0.417 e. The molecule has 0 unspecified atom stereocenters. The van der Waals surface area contributed by atoms with Gasteiger partial charge in [-0.2, -0.15) is 23.4 Å². The Bertz CT molecular complexity index is 1190. The Hall–Kier alpha value is -3.82. The highest BCUT2D eigenvalue weighted by Gasteiger charge is 2.34. The van der Waals surface area contributed by atoms with Crippen molar-refractivity contribution in [2.45, 2.75) is 6.18 Å². The third kappa shape index (κ3) is 2.94. The molecule has 0 fully saturated rings. The van der Waals surface area contributed by atoms with Crippen LogP contribution in [0, 0.1) is 0 Å². The lowest BCUT2D eigenvalue weighted by atomic mass is 10.0. The molecular formula is C18H11F3N6O. The van der Waals surface area contributed by atoms with Gasteiger partial charge in [0.25, 0.3) is 5.91 Å². The van der Waals surface area contributed by atoms with Gasteiger partial charge in [0, 0.05) is 11.8 Å². The highest BCUT2D eigenvalue weighted by molar-refractivity contribution is 5.98. The molecule has 0 saturated carbocycles. The highest BCUT2D eigenvalue weighted by Crippen LogP contribution is 2.36. The summed E-state index contributed by atoms with van der Waals surface area (Å²) in [6.07, 6.45) is -3.10. The minimum absolute atomic E-state index is 0.0195. The van der Waals surface area contributed by atoms with Gasteiger partial charge in [0.2, 0.25) is 0 Å². The Morgan fingerprint density at radius 1 is 1.00 bits per heavy atom. The van der Waals surface area contributed by atoms with Gasteiger partial charge in [0.15, 0.2) is 11.3 Å². The molecule has 1 aromatic carbocycles. The number of rotatable bonds is 3. The van der Waals surface area contributed by atoms with E-state index in [1.54, 1.807) is 12.1 Å². The fraction of sp³-hybridized carbons (Fsp3) is 0.0556. The van der Waals surface area contributed by atoms with Crippen molar-refractivity contribution in [2.75, 3.05) is 0 Å². The van der Waals surface area contributed by atoms with Crippen LogP contribution in [-0.4, -0.2) is 30.7 Å². The lowest BCUT2D eigenvalue weighted by molar-refractivity contribution is -0.137. The fourth-order valence-corrected chi connectivity index (χ4v) is 2.86. The number of hydrogen-bond acceptors (Lipinski definition) is 5. The molecule has 4 aromatic rings. The molecule has 0 aliphatic rings. The van der Waals surface area contributed by atoms with Crippen molar-refractivity contribution in [1.82, 2.24) is 24.8 Å². The number of amides is 1. The van der Waals surface area contributed by atoms with E-state index in [1.165, 1.54) is 36.5 Å². The van der Waals surface area contributed by atoms with Crippen LogP contribution in [0.4, 0.5) is 13.2 Å². The molecule has 1 amide bonds. The first kappa shape index (κ1) is 17.6. The molecule has 10 heteroatoms. The first-order valence-corrected chi connectivity index (χ1v) is 8.00. The van der Waals surface area contributed by atoms with Gasteiger partial charge in [-0.15, -0.1) is 5.10 Å². The van der Waals surface area contributed by atoms with E-state index in [4.69, 9.17) is 5.73 Å². The standard InChI is InChI=1S/C18H11F3N6O/c19-18(20,21)11-5-2-1-4-10(11)12-7-8-14-24-15(13-6-3-9-23-25-13)16(17(22)28)27(14)26-12/h1-9H,(H2,22,28). The summed E-state index contributed by atoms with van der Waals surface area (Å²) < 4.78 is 41.2. The van der Waals surface area contributed by atoms with Crippen molar-refractivity contribution < 1.29 is 18.0 Å². The van der Waals surface area contributed by atoms with Crippen LogP contribution in [0.15, 0.2) is 54.7 Å². The van der Waals surface area contributed by atoms with Crippen LogP contribution in [0.25, 0.3) is 28.3 Å². The molecule has 0 aliphatic carbocycles. The van der Waals surface area contributed by atoms with Gasteiger partial charge in [0.05, 0.1) is 11.3 Å². The lowest BCUT2D eigenvalue weighted by Crippen LogP contribution is -2.16. The van der Waals surface area contributed by atoms with Gasteiger partial charge in [-0.05, 0) is 30.3 Å². The average molecular weight is 384 g/mol. The van der Waals surface area contributed by atoms with Crippen molar-refractivity contribution in [3.8, 4) is 22.6 Å². The maximum Gasteiger partial charge on any atom is 0.417 e. The van der Waals surface area contributed by atoms with Gasteiger partial charge in [-0.25, -0.2) is 9.50 Å². The second-order valence-corrected chi connectivity index (χ2v) is 5.81. The monoisotopic (exact) mass is 384 g/mol. The van der Waals surface area contributed by atoms with Crippen LogP contribution in [-0.2, 0) is 6.18 Å². The minimum atomic E-state index is -4.56. The second-order valence-electron chi connectivity index (χ2n) is 5.81. The third-order valence-corrected chi connectivity index (χ3v) is 4.03. The number of alkyl halides is 3. The van der Waals surface area contributed by atoms with Crippen LogP contribution in [0.1, 0.15) is 16.1 Å². The topological polar surface area (TPSA) is 99.1 Å². The van der Waals surface area contributed by atoms with Gasteiger partial charge >= 0.3 is 6.18 Å². The molecule has 7 nitrogen and oxygen atoms in total. The smallest absolute Gasteiger partial charge is 0.364 e. The number of nitrogens with two attached hydrogens (primary N) is 1. The Balaban J connectivity index is 1.96. The summed E-state index contributed by atoms with van der Waals surface area (Å²) >= 11 is 0. The summed E-state index contributed by atoms with van der Waals surface area (Å²) in [7, 11) is 0. The molecule has 0 spiro atoms. The Labute approximate surface area is 155 Å². The lowest BCUT2D eigenvalue weighted by Gasteiger charge is -2.12. The fourth-order valence-electron chi connectivity index (χ4n) is 2.86. The predicted molar refractivity (Wildman–Crippen MR) is 93.0 cm³/mol. The van der Waals surface area contributed by atoms with Crippen molar-refractivity contribution in [3.05, 3.63) is 66.0 Å². The zero-order valence-electron chi connectivity index (χ0n) is 14.1. The number of nitrogens with zero attached hydrogens (tertiary/aromatic N) is 5. The highest BCUT2D eigenvalue weighted by atomic mass is 19.4. The zero-order chi connectivity index (χ0) is 19.9. The van der Waals surface area contributed by atoms with Gasteiger partial charge in [-0.1, -0.05) is 18.2 Å². The summed E-state index contributed by atoms with van der Waals surface area (Å²) in [5, 5.41) is 11.8. The quantitative estimate of drug-likeness (QED) is 0.585. The Morgan fingerprint density at radius 2 is 1.79 bits per heavy atom. The van der Waals surface area contributed by atoms with E-state index in [2.05, 4.69) is 20.3 Å². The van der Waals surface area contributed by atoms with Crippen LogP contribution in [0.3, 0.4) is 0 Å². The molecule has 2 N–H and O–H groups in total. The number of primary amides is 1. The number of carbonyl (C=O) groups excluding carboxylic acids is 1. The molecule has 3 heterocycles. The average Bonchev–Trinajstić information content (AvgIpc) is 3.07. The normalized spacial score (nSPS) is 11.7. The summed E-state index contributed by atoms with van der Waals surface area (Å²) in [4.78, 5) is 16.3. The molecule has 0 atom stereocenters. The molecule has 0 radical (unpaired) electrons. The minimum Gasteiger partial charge on any atom is -0.364 e. The predicted octanol–water partition coefficient (Wildman–Crippen LogP) is 2.97. The van der Waals surface area contributed by atoms with E-state index in [1.807, 2.05) is 0 Å². The summed E-state index contributed by atoms with van der Waals surface area (Å²) in [6, 6.07) is 11.1. The first-order valence-electron chi connectivity index (χ1n) is 8.00. The number of imidazole rings is 1. The summed E-state index contributed by atoms with van der Waals surface area (Å²) in [6.45, 7) is 0. The molecule has 0 bridgehead atoms. The van der Waals surface area contributed by atoms with E-state index >= 15 is 0 Å². The van der Waals surface area contributed by atoms with E-state index < -0.39 is 17.6 Å². The van der Waals surface area contributed by atoms with Crippen LogP contribution >= 0.6 is 0 Å². The Morgan fingerprint density at radius 3 is 2.46 bits per heavy atom. The van der Waals surface area contributed by atoms with Gasteiger partial charge in [-0.3, -0.25) is 4.79 Å². The van der Waals surface area contributed by atoms with Crippen molar-refractivity contribution in [3.63, 3.8) is 0 Å². The molecule has 3 aromatic heterocycles. The van der Waals surface area contributed by atoms with E-state index in [0.29, 0.717) is 5.69 Å². The summed E-state index contributed by atoms with van der Waals surface area (Å²) in [5.41, 5.74) is 5.12. The van der Waals surface area contributed by atoms with E-state index in [0.717, 1.165) is 10.6 Å². The number of hydrogen-bond donors (Lipinski definition) is 1. The number of carbonyl (C=O) groups is 1. The van der Waals surface area contributed by atoms with Crippen molar-refractivity contribution >= 4 is 11.6 Å². The maximum atomic E-state index is 13.3. The number of halogens is 3. The van der Waals surface area contributed by atoms with Crippen molar-refractivity contribution in [1.29, 1.82) is 0 Å². The third-order valence-electron chi connectivity index (χ3n) is 4.03. The maximum absolute atomic E-state index is 13.3. The van der Waals surface area contributed by atoms with Crippen LogP contribution in [0.2, 0.25) is 0 Å². The van der Waals surface area contributed by atoms with E-state index in [-0.39, 0.29) is 28.3 Å². The van der Waals surface area contributed by atoms with Gasteiger partial charge < -0.3 is 5.73 Å². The van der Waals surface area contributed by atoms with Crippen molar-refractivity contribution in [2.24, 2.45) is 5.73 Å². The molecule has 28 heavy (non-hydrogen) atoms. The first-order chi connectivity index (χ1) is 13.4.